The zero-order valence-corrected chi connectivity index (χ0v) is 22.0. The lowest BCUT2D eigenvalue weighted by Crippen LogP contribution is -2.15. The van der Waals surface area contributed by atoms with E-state index < -0.39 is 10.0 Å². The lowest BCUT2D eigenvalue weighted by atomic mass is 10.1. The summed E-state index contributed by atoms with van der Waals surface area (Å²) in [6, 6.07) is 16.1. The van der Waals surface area contributed by atoms with E-state index in [2.05, 4.69) is 35.4 Å². The fourth-order valence-electron chi connectivity index (χ4n) is 3.88. The number of fused-ring (bicyclic) bond motifs is 1. The quantitative estimate of drug-likeness (QED) is 0.261. The molecule has 3 aromatic heterocycles. The average Bonchev–Trinajstić information content (AvgIpc) is 3.29. The Morgan fingerprint density at radius 1 is 0.946 bits per heavy atom. The summed E-state index contributed by atoms with van der Waals surface area (Å²) in [5.41, 5.74) is 4.07. The highest BCUT2D eigenvalue weighted by molar-refractivity contribution is 7.92. The highest BCUT2D eigenvalue weighted by Gasteiger charge is 2.17. The summed E-state index contributed by atoms with van der Waals surface area (Å²) >= 11 is 1.53. The lowest BCUT2D eigenvalue weighted by molar-refractivity contribution is 0.340. The molecule has 0 saturated carbocycles. The first-order chi connectivity index (χ1) is 17.8. The molecular formula is C26H24N6O3S2. The monoisotopic (exact) mass is 532 g/mol. The second kappa shape index (κ2) is 10.1. The molecule has 0 aliphatic heterocycles. The van der Waals surface area contributed by atoms with Crippen LogP contribution in [0.15, 0.2) is 71.2 Å². The van der Waals surface area contributed by atoms with Gasteiger partial charge in [0.1, 0.15) is 22.7 Å². The molecule has 0 fully saturated rings. The van der Waals surface area contributed by atoms with Crippen molar-refractivity contribution in [2.75, 3.05) is 16.6 Å². The lowest BCUT2D eigenvalue weighted by Gasteiger charge is -2.11. The summed E-state index contributed by atoms with van der Waals surface area (Å²) in [4.78, 5) is 18.1. The molecule has 0 atom stereocenters. The number of benzene rings is 2. The summed E-state index contributed by atoms with van der Waals surface area (Å²) in [7, 11) is -3.85. The molecule has 5 rings (SSSR count). The van der Waals surface area contributed by atoms with Crippen LogP contribution in [0.4, 0.5) is 17.5 Å². The summed E-state index contributed by atoms with van der Waals surface area (Å²) < 4.78 is 33.7. The Hall–Kier alpha value is -4.09. The molecule has 0 saturated heterocycles. The van der Waals surface area contributed by atoms with Crippen molar-refractivity contribution in [2.45, 2.75) is 25.7 Å². The predicted molar refractivity (Wildman–Crippen MR) is 146 cm³/mol. The molecular weight excluding hydrogens is 508 g/mol. The molecule has 0 aliphatic carbocycles. The van der Waals surface area contributed by atoms with Crippen LogP contribution in [0.2, 0.25) is 0 Å². The van der Waals surface area contributed by atoms with Gasteiger partial charge in [0.05, 0.1) is 16.9 Å². The van der Waals surface area contributed by atoms with Gasteiger partial charge in [0, 0.05) is 28.0 Å². The number of nitrogens with zero attached hydrogens (tertiary/aromatic N) is 4. The maximum Gasteiger partial charge on any atom is 0.264 e. The topological polar surface area (TPSA) is 119 Å². The second-order valence-electron chi connectivity index (χ2n) is 8.24. The summed E-state index contributed by atoms with van der Waals surface area (Å²) in [5, 5.41) is 6.25. The maximum absolute atomic E-state index is 12.9. The molecule has 188 valence electrons. The van der Waals surface area contributed by atoms with E-state index >= 15 is 0 Å². The minimum absolute atomic E-state index is 0.0438. The van der Waals surface area contributed by atoms with Crippen LogP contribution in [-0.2, 0) is 10.0 Å². The Labute approximate surface area is 218 Å². The third kappa shape index (κ3) is 5.37. The largest absolute Gasteiger partial charge is 0.494 e. The highest BCUT2D eigenvalue weighted by Crippen LogP contribution is 2.38. The average molecular weight is 533 g/mol. The summed E-state index contributed by atoms with van der Waals surface area (Å²) in [6.07, 6.45) is 1.51. The molecule has 9 nitrogen and oxygen atoms in total. The van der Waals surface area contributed by atoms with Crippen molar-refractivity contribution in [1.82, 2.24) is 19.9 Å². The third-order valence-electron chi connectivity index (χ3n) is 5.48. The first-order valence-electron chi connectivity index (χ1n) is 11.5. The SMILES string of the molecule is CCOc1ccc(-c2csc3ncnc(Nc4ccc(S(=O)(=O)Nc5nc(C)cc(C)n5)cc4)c23)cc1. The fourth-order valence-corrected chi connectivity index (χ4v) is 5.74. The molecule has 0 spiro atoms. The van der Waals surface area contributed by atoms with E-state index in [0.29, 0.717) is 29.5 Å². The van der Waals surface area contributed by atoms with Crippen LogP contribution in [-0.4, -0.2) is 35.0 Å². The van der Waals surface area contributed by atoms with Gasteiger partial charge in [0.15, 0.2) is 0 Å². The molecule has 2 aromatic carbocycles. The number of hydrogen-bond donors (Lipinski definition) is 2. The number of thiophene rings is 1. The van der Waals surface area contributed by atoms with Crippen LogP contribution in [0, 0.1) is 13.8 Å². The molecule has 37 heavy (non-hydrogen) atoms. The molecule has 5 aromatic rings. The van der Waals surface area contributed by atoms with Gasteiger partial charge in [-0.1, -0.05) is 12.1 Å². The Morgan fingerprint density at radius 2 is 1.65 bits per heavy atom. The molecule has 3 heterocycles. The smallest absolute Gasteiger partial charge is 0.264 e. The Bertz CT molecular complexity index is 1650. The van der Waals surface area contributed by atoms with E-state index in [1.54, 1.807) is 32.0 Å². The standard InChI is InChI=1S/C26H24N6O3S2/c1-4-35-20-9-5-18(6-10-20)22-14-36-25-23(22)24(27-15-28-25)31-19-7-11-21(12-8-19)37(33,34)32-26-29-16(2)13-17(3)30-26/h5-15H,4H2,1-3H3,(H,27,28,31)(H,29,30,32). The van der Waals surface area contributed by atoms with Gasteiger partial charge in [0.2, 0.25) is 5.95 Å². The van der Waals surface area contributed by atoms with Gasteiger partial charge in [-0.2, -0.15) is 0 Å². The highest BCUT2D eigenvalue weighted by atomic mass is 32.2. The number of aromatic nitrogens is 4. The normalized spacial score (nSPS) is 11.4. The second-order valence-corrected chi connectivity index (χ2v) is 10.8. The van der Waals surface area contributed by atoms with Gasteiger partial charge in [-0.25, -0.2) is 33.1 Å². The zero-order valence-electron chi connectivity index (χ0n) is 20.4. The van der Waals surface area contributed by atoms with Gasteiger partial charge in [-0.15, -0.1) is 11.3 Å². The van der Waals surface area contributed by atoms with E-state index in [1.807, 2.05) is 31.2 Å². The molecule has 11 heteroatoms. The number of sulfonamides is 1. The van der Waals surface area contributed by atoms with Crippen molar-refractivity contribution in [3.63, 3.8) is 0 Å². The fraction of sp³-hybridized carbons (Fsp3) is 0.154. The number of hydrogen-bond acceptors (Lipinski definition) is 9. The van der Waals surface area contributed by atoms with Crippen LogP contribution >= 0.6 is 11.3 Å². The van der Waals surface area contributed by atoms with Crippen molar-refractivity contribution in [3.05, 3.63) is 77.7 Å². The van der Waals surface area contributed by atoms with Gasteiger partial charge in [-0.3, -0.25) is 0 Å². The Balaban J connectivity index is 1.40. The van der Waals surface area contributed by atoms with E-state index in [0.717, 1.165) is 27.1 Å². The van der Waals surface area contributed by atoms with Gasteiger partial charge in [-0.05, 0) is 68.8 Å². The van der Waals surface area contributed by atoms with Gasteiger partial charge >= 0.3 is 0 Å². The van der Waals surface area contributed by atoms with Crippen molar-refractivity contribution in [1.29, 1.82) is 0 Å². The molecule has 0 radical (unpaired) electrons. The van der Waals surface area contributed by atoms with Crippen molar-refractivity contribution in [3.8, 4) is 16.9 Å². The Kier molecular flexibility index (Phi) is 6.72. The number of anilines is 3. The van der Waals surface area contributed by atoms with Crippen molar-refractivity contribution < 1.29 is 13.2 Å². The molecule has 0 bridgehead atoms. The van der Waals surface area contributed by atoms with E-state index in [9.17, 15) is 8.42 Å². The summed E-state index contributed by atoms with van der Waals surface area (Å²) in [6.45, 7) is 6.13. The number of rotatable bonds is 8. The number of ether oxygens (including phenoxy) is 1. The van der Waals surface area contributed by atoms with E-state index in [1.165, 1.54) is 29.8 Å². The minimum Gasteiger partial charge on any atom is -0.494 e. The van der Waals surface area contributed by atoms with Crippen molar-refractivity contribution >= 4 is 49.0 Å². The van der Waals surface area contributed by atoms with Crippen molar-refractivity contribution in [2.24, 2.45) is 0 Å². The molecule has 0 aliphatic rings. The Morgan fingerprint density at radius 3 is 2.32 bits per heavy atom. The minimum atomic E-state index is -3.85. The molecule has 2 N–H and O–H groups in total. The van der Waals surface area contributed by atoms with E-state index in [4.69, 9.17) is 4.74 Å². The summed E-state index contributed by atoms with van der Waals surface area (Å²) in [5.74, 6) is 1.49. The number of aryl methyl sites for hydroxylation is 2. The molecule has 0 unspecified atom stereocenters. The van der Waals surface area contributed by atoms with E-state index in [-0.39, 0.29) is 10.8 Å². The van der Waals surface area contributed by atoms with Gasteiger partial charge < -0.3 is 10.1 Å². The first kappa shape index (κ1) is 24.6. The first-order valence-corrected chi connectivity index (χ1v) is 13.9. The number of nitrogens with one attached hydrogen (secondary N) is 2. The van der Waals surface area contributed by atoms with Crippen LogP contribution in [0.3, 0.4) is 0 Å². The van der Waals surface area contributed by atoms with Crippen LogP contribution < -0.4 is 14.8 Å². The third-order valence-corrected chi connectivity index (χ3v) is 7.71. The van der Waals surface area contributed by atoms with Crippen LogP contribution in [0.25, 0.3) is 21.3 Å². The van der Waals surface area contributed by atoms with Crippen LogP contribution in [0.1, 0.15) is 18.3 Å². The van der Waals surface area contributed by atoms with Crippen LogP contribution in [0.5, 0.6) is 5.75 Å². The molecule has 0 amide bonds. The van der Waals surface area contributed by atoms with Gasteiger partial charge in [0.25, 0.3) is 10.0 Å². The predicted octanol–water partition coefficient (Wildman–Crippen LogP) is 5.71. The zero-order chi connectivity index (χ0) is 26.0. The maximum atomic E-state index is 12.9.